The third-order valence-electron chi connectivity index (χ3n) is 2.02. The molecule has 0 N–H and O–H groups in total. The maximum atomic E-state index is 5.32. The van der Waals surface area contributed by atoms with Crippen LogP contribution in [0.25, 0.3) is 0 Å². The lowest BCUT2D eigenvalue weighted by Gasteiger charge is -2.24. The van der Waals surface area contributed by atoms with Gasteiger partial charge in [0.2, 0.25) is 0 Å². The van der Waals surface area contributed by atoms with Crippen molar-refractivity contribution in [2.24, 2.45) is 0 Å². The summed E-state index contributed by atoms with van der Waals surface area (Å²) in [5.41, 5.74) is 0. The smallest absolute Gasteiger partial charge is 0.377 e. The average molecular weight is 226 g/mol. The van der Waals surface area contributed by atoms with Crippen LogP contribution in [-0.2, 0) is 13.3 Å². The van der Waals surface area contributed by atoms with Crippen LogP contribution in [-0.4, -0.2) is 48.4 Å². The molecule has 0 saturated carbocycles. The Labute approximate surface area is 85.5 Å². The topological polar surface area (TPSA) is 27.7 Å². The highest BCUT2D eigenvalue weighted by Gasteiger charge is 2.36. The fourth-order valence-electron chi connectivity index (χ4n) is 1.17. The molecule has 0 spiro atoms. The van der Waals surface area contributed by atoms with Crippen molar-refractivity contribution < 1.29 is 13.3 Å². The highest BCUT2D eigenvalue weighted by molar-refractivity contribution is 8.15. The maximum Gasteiger partial charge on any atom is 0.500 e. The Morgan fingerprint density at radius 2 is 1.46 bits per heavy atom. The van der Waals surface area contributed by atoms with Crippen molar-refractivity contribution in [3.05, 3.63) is 0 Å². The van der Waals surface area contributed by atoms with Crippen molar-refractivity contribution in [3.63, 3.8) is 0 Å². The predicted octanol–water partition coefficient (Wildman–Crippen LogP) is 1.52. The fraction of sp³-hybridized carbons (Fsp3) is 1.00. The number of hydrogen-bond donors (Lipinski definition) is 1. The van der Waals surface area contributed by atoms with Gasteiger partial charge in [0.25, 0.3) is 0 Å². The first kappa shape index (κ1) is 13.4. The molecule has 0 aromatic carbocycles. The SMILES string of the molecule is CO[Si](CCC[SH](C)C)(OC)OC. The molecule has 0 aromatic heterocycles. The van der Waals surface area contributed by atoms with Crippen LogP contribution < -0.4 is 0 Å². The second kappa shape index (κ2) is 6.84. The van der Waals surface area contributed by atoms with Gasteiger partial charge in [-0.05, 0) is 24.7 Å². The molecule has 0 heterocycles. The van der Waals surface area contributed by atoms with Gasteiger partial charge in [-0.1, -0.05) is 0 Å². The van der Waals surface area contributed by atoms with Crippen LogP contribution in [0, 0.1) is 0 Å². The molecular formula is C8H22O3SSi. The molecule has 0 aliphatic rings. The van der Waals surface area contributed by atoms with Crippen LogP contribution in [0.15, 0.2) is 0 Å². The molecule has 0 atom stereocenters. The second-order valence-corrected chi connectivity index (χ2v) is 8.90. The Morgan fingerprint density at radius 3 is 1.77 bits per heavy atom. The molecule has 3 nitrogen and oxygen atoms in total. The summed E-state index contributed by atoms with van der Waals surface area (Å²) in [4.78, 5) is 0. The minimum Gasteiger partial charge on any atom is -0.377 e. The van der Waals surface area contributed by atoms with Crippen LogP contribution in [0.5, 0.6) is 0 Å². The summed E-state index contributed by atoms with van der Waals surface area (Å²) in [5, 5.41) is 0. The van der Waals surface area contributed by atoms with Crippen LogP contribution in [0.3, 0.4) is 0 Å². The van der Waals surface area contributed by atoms with E-state index in [0.29, 0.717) is 0 Å². The molecular weight excluding hydrogens is 204 g/mol. The Morgan fingerprint density at radius 1 is 1.00 bits per heavy atom. The highest BCUT2D eigenvalue weighted by Crippen LogP contribution is 2.21. The molecule has 0 rings (SSSR count). The fourth-order valence-corrected chi connectivity index (χ4v) is 3.98. The number of rotatable bonds is 7. The van der Waals surface area contributed by atoms with E-state index in [0.717, 1.165) is 12.5 Å². The number of hydrogen-bond acceptors (Lipinski definition) is 3. The minimum absolute atomic E-state index is 0.187. The van der Waals surface area contributed by atoms with Crippen LogP contribution in [0.4, 0.5) is 0 Å². The molecule has 0 saturated heterocycles. The minimum atomic E-state index is -2.27. The van der Waals surface area contributed by atoms with Gasteiger partial charge in [-0.15, -0.1) is 0 Å². The first-order chi connectivity index (χ1) is 6.10. The zero-order chi connectivity index (χ0) is 10.3. The van der Waals surface area contributed by atoms with Crippen molar-refractivity contribution in [1.29, 1.82) is 0 Å². The molecule has 0 fully saturated rings. The molecule has 82 valence electrons. The molecule has 0 aliphatic heterocycles. The predicted molar refractivity (Wildman–Crippen MR) is 61.9 cm³/mol. The summed E-state index contributed by atoms with van der Waals surface area (Å²) < 4.78 is 16.0. The normalized spacial score (nSPS) is 13.2. The van der Waals surface area contributed by atoms with Gasteiger partial charge in [0.1, 0.15) is 0 Å². The van der Waals surface area contributed by atoms with E-state index in [1.54, 1.807) is 21.3 Å². The van der Waals surface area contributed by atoms with Gasteiger partial charge in [0.05, 0.1) is 0 Å². The van der Waals surface area contributed by atoms with Crippen LogP contribution in [0.1, 0.15) is 6.42 Å². The summed E-state index contributed by atoms with van der Waals surface area (Å²) in [6, 6.07) is 0.928. The van der Waals surface area contributed by atoms with E-state index in [9.17, 15) is 0 Å². The molecule has 0 aliphatic carbocycles. The summed E-state index contributed by atoms with van der Waals surface area (Å²) in [6.45, 7) is 0. The van der Waals surface area contributed by atoms with Gasteiger partial charge in [-0.3, -0.25) is 10.9 Å². The van der Waals surface area contributed by atoms with Crippen molar-refractivity contribution in [3.8, 4) is 0 Å². The van der Waals surface area contributed by atoms with Gasteiger partial charge in [-0.2, -0.15) is 0 Å². The highest BCUT2D eigenvalue weighted by atomic mass is 32.2. The third kappa shape index (κ3) is 5.02. The summed E-state index contributed by atoms with van der Waals surface area (Å²) in [5.74, 6) is 1.26. The Bertz CT molecular complexity index is 120. The quantitative estimate of drug-likeness (QED) is 0.527. The first-order valence-corrected chi connectivity index (χ1v) is 8.75. The van der Waals surface area contributed by atoms with E-state index in [1.165, 1.54) is 5.75 Å². The molecule has 0 bridgehead atoms. The monoisotopic (exact) mass is 226 g/mol. The lowest BCUT2D eigenvalue weighted by atomic mass is 10.6. The lowest BCUT2D eigenvalue weighted by molar-refractivity contribution is 0.123. The van der Waals surface area contributed by atoms with Crippen molar-refractivity contribution in [2.75, 3.05) is 39.6 Å². The average Bonchev–Trinajstić information content (AvgIpc) is 2.13. The van der Waals surface area contributed by atoms with E-state index in [-0.39, 0.29) is 10.9 Å². The van der Waals surface area contributed by atoms with Gasteiger partial charge in [-0.25, -0.2) is 0 Å². The molecule has 13 heavy (non-hydrogen) atoms. The zero-order valence-corrected chi connectivity index (χ0v) is 11.2. The van der Waals surface area contributed by atoms with E-state index < -0.39 is 8.80 Å². The summed E-state index contributed by atoms with van der Waals surface area (Å²) in [6.07, 6.45) is 5.70. The maximum absolute atomic E-state index is 5.32. The lowest BCUT2D eigenvalue weighted by Crippen LogP contribution is -2.42. The van der Waals surface area contributed by atoms with Crippen LogP contribution >= 0.6 is 10.9 Å². The standard InChI is InChI=1S/C8H22O3SSi/c1-9-13(10-2,11-3)8-6-7-12(4)5/h12H,6-8H2,1-5H3. The second-order valence-electron chi connectivity index (χ2n) is 3.20. The van der Waals surface area contributed by atoms with E-state index in [2.05, 4.69) is 12.5 Å². The Kier molecular flexibility index (Phi) is 7.07. The Hall–Kier alpha value is 0.447. The third-order valence-corrected chi connectivity index (χ3v) is 6.06. The first-order valence-electron chi connectivity index (χ1n) is 4.40. The largest absolute Gasteiger partial charge is 0.500 e. The molecule has 0 aromatic rings. The van der Waals surface area contributed by atoms with Crippen molar-refractivity contribution in [1.82, 2.24) is 0 Å². The summed E-state index contributed by atoms with van der Waals surface area (Å²) >= 11 is 0. The number of thiol groups is 1. The summed E-state index contributed by atoms with van der Waals surface area (Å²) in [7, 11) is 2.91. The van der Waals surface area contributed by atoms with Crippen LogP contribution in [0.2, 0.25) is 6.04 Å². The van der Waals surface area contributed by atoms with Gasteiger partial charge in [0.15, 0.2) is 0 Å². The van der Waals surface area contributed by atoms with Gasteiger partial charge in [0, 0.05) is 27.4 Å². The van der Waals surface area contributed by atoms with Crippen molar-refractivity contribution >= 4 is 19.7 Å². The molecule has 5 heteroatoms. The van der Waals surface area contributed by atoms with E-state index >= 15 is 0 Å². The molecule has 0 unspecified atom stereocenters. The van der Waals surface area contributed by atoms with E-state index in [4.69, 9.17) is 13.3 Å². The molecule has 0 amide bonds. The van der Waals surface area contributed by atoms with E-state index in [1.807, 2.05) is 0 Å². The molecule has 0 radical (unpaired) electrons. The Balaban J connectivity index is 3.81. The van der Waals surface area contributed by atoms with Gasteiger partial charge < -0.3 is 13.3 Å². The van der Waals surface area contributed by atoms with Crippen molar-refractivity contribution in [2.45, 2.75) is 12.5 Å². The zero-order valence-electron chi connectivity index (χ0n) is 9.29. The van der Waals surface area contributed by atoms with Gasteiger partial charge >= 0.3 is 8.80 Å².